The Bertz CT molecular complexity index is 206. The van der Waals surface area contributed by atoms with Crippen LogP contribution < -0.4 is 0 Å². The number of hydrogen-bond donors (Lipinski definition) is 0. The third kappa shape index (κ3) is 1.56. The van der Waals surface area contributed by atoms with E-state index < -0.39 is 0 Å². The molecule has 0 aromatic carbocycles. The predicted molar refractivity (Wildman–Crippen MR) is 58.3 cm³/mol. The molecule has 76 valence electrons. The zero-order chi connectivity index (χ0) is 9.53. The van der Waals surface area contributed by atoms with E-state index in [1.165, 1.54) is 32.1 Å². The van der Waals surface area contributed by atoms with Crippen molar-refractivity contribution in [2.24, 2.45) is 5.92 Å². The van der Waals surface area contributed by atoms with E-state index in [-0.39, 0.29) is 11.2 Å². The molecule has 13 heavy (non-hydrogen) atoms. The molecule has 3 unspecified atom stereocenters. The fourth-order valence-electron chi connectivity index (χ4n) is 2.90. The lowest BCUT2D eigenvalue weighted by atomic mass is 9.89. The van der Waals surface area contributed by atoms with Gasteiger partial charge in [-0.05, 0) is 38.5 Å². The number of alkyl halides is 1. The van der Waals surface area contributed by atoms with Crippen molar-refractivity contribution in [3.8, 4) is 0 Å². The zero-order valence-corrected chi connectivity index (χ0v) is 10.2. The Labute approximate surface area is 89.4 Å². The van der Waals surface area contributed by atoms with Crippen LogP contribution in [0.3, 0.4) is 0 Å². The van der Waals surface area contributed by atoms with Crippen molar-refractivity contribution >= 4 is 15.9 Å². The highest BCUT2D eigenvalue weighted by atomic mass is 79.9. The Morgan fingerprint density at radius 1 is 1.38 bits per heavy atom. The molecule has 2 fully saturated rings. The molecular formula is C11H19BrO. The highest BCUT2D eigenvalue weighted by Gasteiger charge is 2.50. The lowest BCUT2D eigenvalue weighted by molar-refractivity contribution is -0.0990. The molecular weight excluding hydrogens is 228 g/mol. The van der Waals surface area contributed by atoms with Crippen LogP contribution in [-0.4, -0.2) is 16.5 Å². The normalized spacial score (nSPS) is 50.5. The van der Waals surface area contributed by atoms with Crippen LogP contribution in [0.2, 0.25) is 0 Å². The zero-order valence-electron chi connectivity index (χ0n) is 8.61. The van der Waals surface area contributed by atoms with E-state index in [4.69, 9.17) is 4.74 Å². The molecule has 3 atom stereocenters. The third-order valence-electron chi connectivity index (χ3n) is 3.94. The molecule has 2 rings (SSSR count). The molecule has 0 amide bonds. The predicted octanol–water partition coefficient (Wildman–Crippen LogP) is 3.51. The third-order valence-corrected chi connectivity index (χ3v) is 5.13. The first-order valence-electron chi connectivity index (χ1n) is 5.36. The SMILES string of the molecule is CC1CCCC12CCC(C)(CBr)O2. The summed E-state index contributed by atoms with van der Waals surface area (Å²) >= 11 is 3.56. The van der Waals surface area contributed by atoms with Crippen molar-refractivity contribution in [3.63, 3.8) is 0 Å². The van der Waals surface area contributed by atoms with E-state index in [2.05, 4.69) is 29.8 Å². The average molecular weight is 247 g/mol. The van der Waals surface area contributed by atoms with Crippen molar-refractivity contribution in [2.45, 2.75) is 57.2 Å². The van der Waals surface area contributed by atoms with E-state index in [0.717, 1.165) is 11.2 Å². The molecule has 1 aliphatic heterocycles. The van der Waals surface area contributed by atoms with Gasteiger partial charge < -0.3 is 4.74 Å². The van der Waals surface area contributed by atoms with Crippen LogP contribution in [0.5, 0.6) is 0 Å². The van der Waals surface area contributed by atoms with Crippen LogP contribution in [0.1, 0.15) is 46.0 Å². The van der Waals surface area contributed by atoms with E-state index >= 15 is 0 Å². The summed E-state index contributed by atoms with van der Waals surface area (Å²) in [7, 11) is 0. The summed E-state index contributed by atoms with van der Waals surface area (Å²) in [6, 6.07) is 0. The highest BCUT2D eigenvalue weighted by Crippen LogP contribution is 2.50. The quantitative estimate of drug-likeness (QED) is 0.644. The molecule has 1 saturated carbocycles. The van der Waals surface area contributed by atoms with Crippen molar-refractivity contribution in [2.75, 3.05) is 5.33 Å². The van der Waals surface area contributed by atoms with E-state index in [9.17, 15) is 0 Å². The Hall–Kier alpha value is 0.440. The minimum atomic E-state index is 0.110. The Balaban J connectivity index is 2.11. The smallest absolute Gasteiger partial charge is 0.0759 e. The van der Waals surface area contributed by atoms with E-state index in [1.54, 1.807) is 0 Å². The summed E-state index contributed by atoms with van der Waals surface area (Å²) < 4.78 is 6.31. The summed E-state index contributed by atoms with van der Waals surface area (Å²) in [5, 5.41) is 0.981. The van der Waals surface area contributed by atoms with Crippen LogP contribution in [0.4, 0.5) is 0 Å². The maximum absolute atomic E-state index is 6.31. The molecule has 1 aliphatic carbocycles. The van der Waals surface area contributed by atoms with Gasteiger partial charge in [0.2, 0.25) is 0 Å². The first kappa shape index (κ1) is 9.97. The summed E-state index contributed by atoms with van der Waals surface area (Å²) in [4.78, 5) is 0. The van der Waals surface area contributed by atoms with Crippen LogP contribution in [0, 0.1) is 5.92 Å². The Morgan fingerprint density at radius 2 is 2.15 bits per heavy atom. The Morgan fingerprint density at radius 3 is 2.62 bits per heavy atom. The second-order valence-electron chi connectivity index (χ2n) is 5.04. The van der Waals surface area contributed by atoms with Gasteiger partial charge in [-0.25, -0.2) is 0 Å². The summed E-state index contributed by atoms with van der Waals surface area (Å²) in [5.74, 6) is 0.772. The largest absolute Gasteiger partial charge is 0.368 e. The molecule has 2 heteroatoms. The van der Waals surface area contributed by atoms with Crippen molar-refractivity contribution in [1.82, 2.24) is 0 Å². The van der Waals surface area contributed by atoms with E-state index in [0.29, 0.717) is 0 Å². The summed E-state index contributed by atoms with van der Waals surface area (Å²) in [6.07, 6.45) is 6.51. The van der Waals surface area contributed by atoms with E-state index in [1.807, 2.05) is 0 Å². The van der Waals surface area contributed by atoms with Crippen LogP contribution in [0.25, 0.3) is 0 Å². The maximum Gasteiger partial charge on any atom is 0.0759 e. The topological polar surface area (TPSA) is 9.23 Å². The molecule has 0 bridgehead atoms. The summed E-state index contributed by atoms with van der Waals surface area (Å²) in [5.41, 5.74) is 0.362. The van der Waals surface area contributed by atoms with Gasteiger partial charge in [-0.15, -0.1) is 0 Å². The number of ether oxygens (including phenoxy) is 1. The first-order valence-corrected chi connectivity index (χ1v) is 6.49. The highest BCUT2D eigenvalue weighted by molar-refractivity contribution is 9.09. The maximum atomic E-state index is 6.31. The van der Waals surface area contributed by atoms with Gasteiger partial charge in [-0.3, -0.25) is 0 Å². The van der Waals surface area contributed by atoms with Gasteiger partial charge in [0, 0.05) is 5.33 Å². The molecule has 1 saturated heterocycles. The minimum absolute atomic E-state index is 0.110. The fraction of sp³-hybridized carbons (Fsp3) is 1.00. The van der Waals surface area contributed by atoms with Crippen molar-refractivity contribution in [1.29, 1.82) is 0 Å². The fourth-order valence-corrected chi connectivity index (χ4v) is 3.30. The van der Waals surface area contributed by atoms with Crippen LogP contribution >= 0.6 is 15.9 Å². The molecule has 2 aliphatic rings. The number of hydrogen-bond acceptors (Lipinski definition) is 1. The van der Waals surface area contributed by atoms with Gasteiger partial charge in [0.1, 0.15) is 0 Å². The van der Waals surface area contributed by atoms with Crippen LogP contribution in [0.15, 0.2) is 0 Å². The first-order chi connectivity index (χ1) is 6.10. The number of rotatable bonds is 1. The average Bonchev–Trinajstić information content (AvgIpc) is 2.62. The lowest BCUT2D eigenvalue weighted by Gasteiger charge is -2.32. The van der Waals surface area contributed by atoms with Gasteiger partial charge in [-0.2, -0.15) is 0 Å². The molecule has 0 aromatic rings. The molecule has 0 radical (unpaired) electrons. The van der Waals surface area contributed by atoms with Gasteiger partial charge in [-0.1, -0.05) is 29.3 Å². The lowest BCUT2D eigenvalue weighted by Crippen LogP contribution is -2.36. The molecule has 1 spiro atoms. The van der Waals surface area contributed by atoms with Gasteiger partial charge in [0.05, 0.1) is 11.2 Å². The summed E-state index contributed by atoms with van der Waals surface area (Å²) in [6.45, 7) is 4.59. The molecule has 1 nitrogen and oxygen atoms in total. The van der Waals surface area contributed by atoms with Crippen LogP contribution in [-0.2, 0) is 4.74 Å². The van der Waals surface area contributed by atoms with Gasteiger partial charge in [0.25, 0.3) is 0 Å². The molecule has 1 heterocycles. The standard InChI is InChI=1S/C11H19BrO/c1-9-4-3-5-11(9)7-6-10(2,8-12)13-11/h9H,3-8H2,1-2H3. The monoisotopic (exact) mass is 246 g/mol. The number of halogens is 1. The second kappa shape index (κ2) is 3.23. The van der Waals surface area contributed by atoms with Crippen molar-refractivity contribution in [3.05, 3.63) is 0 Å². The molecule has 0 N–H and O–H groups in total. The second-order valence-corrected chi connectivity index (χ2v) is 5.60. The van der Waals surface area contributed by atoms with Gasteiger partial charge >= 0.3 is 0 Å². The Kier molecular flexibility index (Phi) is 2.48. The molecule has 0 aromatic heterocycles. The van der Waals surface area contributed by atoms with Gasteiger partial charge in [0.15, 0.2) is 0 Å². The minimum Gasteiger partial charge on any atom is -0.368 e. The van der Waals surface area contributed by atoms with Crippen molar-refractivity contribution < 1.29 is 4.74 Å².